The van der Waals surface area contributed by atoms with Crippen molar-refractivity contribution < 1.29 is 45.6 Å². The molecular weight excluding hydrogens is 817 g/mol. The minimum absolute atomic E-state index is 0. The third-order valence-corrected chi connectivity index (χ3v) is 11.6. The van der Waals surface area contributed by atoms with Crippen molar-refractivity contribution in [1.82, 2.24) is 0 Å². The number of aromatic hydroxyl groups is 1. The summed E-state index contributed by atoms with van der Waals surface area (Å²) in [6, 6.07) is 21.1. The minimum Gasteiger partial charge on any atom is -0.870 e. The number of phenols is 1. The summed E-state index contributed by atoms with van der Waals surface area (Å²) < 4.78 is 76.9. The molecule has 13 heteroatoms. The van der Waals surface area contributed by atoms with E-state index in [0.717, 1.165) is 55.7 Å². The maximum Gasteiger partial charge on any atom is 2.00 e. The number of unbranched alkanes of at least 4 members (excludes halogenated alkanes) is 16. The van der Waals surface area contributed by atoms with Gasteiger partial charge in [-0.2, -0.15) is 8.42 Å². The van der Waals surface area contributed by atoms with Crippen LogP contribution in [0.3, 0.4) is 0 Å². The second-order valence-electron chi connectivity index (χ2n) is 14.7. The predicted octanol–water partition coefficient (Wildman–Crippen LogP) is 11.7. The zero-order valence-corrected chi connectivity index (χ0v) is 38.8. The largest absolute Gasteiger partial charge is 2.00 e. The number of para-hydroxylation sites is 2. The van der Waals surface area contributed by atoms with Crippen LogP contribution >= 0.6 is 0 Å². The average Bonchev–Trinajstić information content (AvgIpc) is 3.19. The monoisotopic (exact) mass is 878 g/mol. The first-order chi connectivity index (χ1) is 27.8. The Morgan fingerprint density at radius 2 is 0.915 bits per heavy atom. The molecule has 0 aliphatic carbocycles. The fourth-order valence-electron chi connectivity index (χ4n) is 6.64. The number of hydrogen-bond acceptors (Lipinski definition) is 9. The molecule has 0 amide bonds. The Bertz CT molecular complexity index is 1870. The molecule has 59 heavy (non-hydrogen) atoms. The molecule has 0 aromatic heterocycles. The van der Waals surface area contributed by atoms with Gasteiger partial charge in [-0.1, -0.05) is 165 Å². The van der Waals surface area contributed by atoms with Gasteiger partial charge in [-0.3, -0.25) is 4.55 Å². The van der Waals surface area contributed by atoms with Crippen molar-refractivity contribution in [3.63, 3.8) is 0 Å². The Balaban J connectivity index is 0.000000400. The van der Waals surface area contributed by atoms with E-state index in [1.165, 1.54) is 132 Å². The molecule has 0 aliphatic heterocycles. The van der Waals surface area contributed by atoms with Crippen molar-refractivity contribution in [1.29, 1.82) is 0 Å². The van der Waals surface area contributed by atoms with E-state index < -0.39 is 20.2 Å². The molecule has 4 aromatic rings. The Kier molecular flexibility index (Phi) is 25.4. The minimum atomic E-state index is -4.58. The van der Waals surface area contributed by atoms with E-state index in [-0.39, 0.29) is 76.3 Å². The standard InChI is InChI=1S/2C23H32O5S.Ca/c2*1-2-3-4-5-6-7-8-9-10-13-19-14-11-17-22(24)23(19)28-20-15-12-16-21(18-20)29(25,26)27;/h2*11-12,14-18,24H,2-10,13H2,1H3,(H,25,26,27);/q;;+2/p-2. The van der Waals surface area contributed by atoms with Crippen molar-refractivity contribution >= 4 is 58.0 Å². The first kappa shape index (κ1) is 52.3. The molecule has 4 aromatic carbocycles. The summed E-state index contributed by atoms with van der Waals surface area (Å²) in [6.45, 7) is 4.45. The van der Waals surface area contributed by atoms with E-state index in [4.69, 9.17) is 9.47 Å². The SMILES string of the molecule is CCCCCCCCCCCc1cccc(O)c1Oc1cccc(S(=O)(=O)O)c1.CCCCCCCCCCCc1cccc([O-])c1Oc1cccc(S(=O)(=O)[O-])c1.[Ca+2]. The summed E-state index contributed by atoms with van der Waals surface area (Å²) in [6.07, 6.45) is 23.6. The molecule has 4 rings (SSSR count). The average molecular weight is 879 g/mol. The zero-order valence-electron chi connectivity index (χ0n) is 34.9. The van der Waals surface area contributed by atoms with Gasteiger partial charge < -0.3 is 24.2 Å². The summed E-state index contributed by atoms with van der Waals surface area (Å²) in [5.74, 6) is 0.699. The van der Waals surface area contributed by atoms with Crippen molar-refractivity contribution in [3.05, 3.63) is 96.1 Å². The molecule has 0 radical (unpaired) electrons. The Hall–Kier alpha value is -2.84. The fraction of sp³-hybridized carbons (Fsp3) is 0.478. The van der Waals surface area contributed by atoms with Gasteiger partial charge >= 0.3 is 37.7 Å². The Morgan fingerprint density at radius 3 is 1.39 bits per heavy atom. The van der Waals surface area contributed by atoms with Crippen LogP contribution in [-0.4, -0.2) is 68.8 Å². The van der Waals surface area contributed by atoms with Gasteiger partial charge in [0.25, 0.3) is 10.1 Å². The summed E-state index contributed by atoms with van der Waals surface area (Å²) >= 11 is 0. The summed E-state index contributed by atoms with van der Waals surface area (Å²) in [7, 11) is -8.89. The molecule has 0 saturated carbocycles. The molecule has 0 fully saturated rings. The van der Waals surface area contributed by atoms with Crippen LogP contribution in [0.25, 0.3) is 0 Å². The second kappa shape index (κ2) is 28.6. The van der Waals surface area contributed by atoms with Crippen LogP contribution in [0.4, 0.5) is 0 Å². The van der Waals surface area contributed by atoms with Crippen LogP contribution in [0.15, 0.2) is 94.7 Å². The quantitative estimate of drug-likeness (QED) is 0.0351. The van der Waals surface area contributed by atoms with Crippen molar-refractivity contribution in [2.45, 2.75) is 152 Å². The number of aryl methyl sites for hydroxylation is 2. The molecule has 0 spiro atoms. The van der Waals surface area contributed by atoms with E-state index in [1.807, 2.05) is 12.1 Å². The third kappa shape index (κ3) is 20.5. The van der Waals surface area contributed by atoms with Crippen LogP contribution in [0.5, 0.6) is 34.5 Å². The first-order valence-electron chi connectivity index (χ1n) is 20.9. The van der Waals surface area contributed by atoms with Crippen molar-refractivity contribution in [3.8, 4) is 34.5 Å². The fourth-order valence-corrected chi connectivity index (χ4v) is 7.66. The summed E-state index contributed by atoms with van der Waals surface area (Å²) in [5, 5.41) is 22.5. The van der Waals surface area contributed by atoms with Crippen LogP contribution in [0, 0.1) is 0 Å². The maximum atomic E-state index is 12.3. The molecule has 0 unspecified atom stereocenters. The normalized spacial score (nSPS) is 11.3. The van der Waals surface area contributed by atoms with E-state index in [0.29, 0.717) is 5.75 Å². The number of rotatable bonds is 26. The molecule has 2 N–H and O–H groups in total. The Labute approximate surface area is 383 Å². The van der Waals surface area contributed by atoms with Gasteiger partial charge in [0.05, 0.1) is 9.79 Å². The van der Waals surface area contributed by atoms with Crippen LogP contribution in [0.2, 0.25) is 0 Å². The zero-order chi connectivity index (χ0) is 42.2. The number of hydrogen-bond donors (Lipinski definition) is 2. The number of ether oxygens (including phenoxy) is 2. The van der Waals surface area contributed by atoms with E-state index in [9.17, 15) is 36.2 Å². The number of phenolic OH excluding ortho intramolecular Hbond substituents is 1. The van der Waals surface area contributed by atoms with Crippen LogP contribution in [0.1, 0.15) is 141 Å². The van der Waals surface area contributed by atoms with Crippen LogP contribution in [-0.2, 0) is 33.1 Å². The van der Waals surface area contributed by atoms with E-state index >= 15 is 0 Å². The Morgan fingerprint density at radius 1 is 0.525 bits per heavy atom. The molecule has 0 saturated heterocycles. The van der Waals surface area contributed by atoms with E-state index in [2.05, 4.69) is 13.8 Å². The van der Waals surface area contributed by atoms with Gasteiger partial charge in [0.2, 0.25) is 0 Å². The second-order valence-corrected chi connectivity index (χ2v) is 17.6. The smallest absolute Gasteiger partial charge is 0.870 e. The van der Waals surface area contributed by atoms with Crippen molar-refractivity contribution in [2.75, 3.05) is 0 Å². The molecule has 10 nitrogen and oxygen atoms in total. The van der Waals surface area contributed by atoms with Crippen LogP contribution < -0.4 is 14.6 Å². The predicted molar refractivity (Wildman–Crippen MR) is 232 cm³/mol. The van der Waals surface area contributed by atoms with Gasteiger partial charge in [-0.05, 0) is 73.2 Å². The molecule has 0 atom stereocenters. The third-order valence-electron chi connectivity index (χ3n) is 9.87. The molecule has 0 bridgehead atoms. The van der Waals surface area contributed by atoms with E-state index in [1.54, 1.807) is 24.3 Å². The van der Waals surface area contributed by atoms with Gasteiger partial charge in [-0.15, -0.1) is 0 Å². The first-order valence-corrected chi connectivity index (χ1v) is 23.8. The van der Waals surface area contributed by atoms with Gasteiger partial charge in [0.1, 0.15) is 27.4 Å². The number of benzene rings is 4. The summed E-state index contributed by atoms with van der Waals surface area (Å²) in [5.41, 5.74) is 1.68. The van der Waals surface area contributed by atoms with Gasteiger partial charge in [0.15, 0.2) is 11.5 Å². The topological polar surface area (TPSA) is 173 Å². The maximum absolute atomic E-state index is 12.3. The molecule has 320 valence electrons. The molecule has 0 heterocycles. The summed E-state index contributed by atoms with van der Waals surface area (Å²) in [4.78, 5) is -0.621. The molecular formula is C46H62CaO10S2. The van der Waals surface area contributed by atoms with Crippen molar-refractivity contribution in [2.24, 2.45) is 0 Å². The molecule has 0 aliphatic rings. The van der Waals surface area contributed by atoms with Gasteiger partial charge in [0, 0.05) is 6.07 Å². The van der Waals surface area contributed by atoms with Gasteiger partial charge in [-0.25, -0.2) is 8.42 Å².